The number of nitrogens with zero attached hydrogens (tertiary/aromatic N) is 4. The number of carbonyl (C=O) groups is 1. The van der Waals surface area contributed by atoms with Gasteiger partial charge in [-0.25, -0.2) is 4.98 Å². The lowest BCUT2D eigenvalue weighted by Crippen LogP contribution is -2.49. The van der Waals surface area contributed by atoms with Crippen LogP contribution >= 0.6 is 11.6 Å². The number of nitrogens with one attached hydrogen (secondary N) is 1. The monoisotopic (exact) mass is 390 g/mol. The maximum Gasteiger partial charge on any atom is 0.335 e. The molecule has 9 nitrogen and oxygen atoms in total. The molecule has 2 heterocycles. The van der Waals surface area contributed by atoms with Crippen LogP contribution in [0.5, 0.6) is 0 Å². The minimum atomic E-state index is -0.566. The van der Waals surface area contributed by atoms with Crippen molar-refractivity contribution in [1.29, 1.82) is 0 Å². The molecule has 1 fully saturated rings. The topological polar surface area (TPSA) is 118 Å². The number of nitrogens with two attached hydrogens (primary N) is 1. The number of hydrogen-bond donors (Lipinski definition) is 2. The van der Waals surface area contributed by atoms with Gasteiger partial charge < -0.3 is 16.0 Å². The second-order valence-electron chi connectivity index (χ2n) is 6.12. The highest BCUT2D eigenvalue weighted by molar-refractivity contribution is 6.33. The first kappa shape index (κ1) is 18.9. The second kappa shape index (κ2) is 8.19. The van der Waals surface area contributed by atoms with Crippen molar-refractivity contribution in [3.63, 3.8) is 0 Å². The Morgan fingerprint density at radius 3 is 2.56 bits per heavy atom. The number of pyridine rings is 1. The first-order valence-corrected chi connectivity index (χ1v) is 8.74. The molecule has 0 spiro atoms. The van der Waals surface area contributed by atoms with Gasteiger partial charge in [-0.3, -0.25) is 19.8 Å². The fraction of sp³-hybridized carbons (Fsp3) is 0.294. The summed E-state index contributed by atoms with van der Waals surface area (Å²) in [5.74, 6) is -0.268. The highest BCUT2D eigenvalue weighted by atomic mass is 35.5. The van der Waals surface area contributed by atoms with Crippen molar-refractivity contribution in [3.05, 3.63) is 51.7 Å². The smallest absolute Gasteiger partial charge is 0.335 e. The van der Waals surface area contributed by atoms with Gasteiger partial charge in [-0.15, -0.1) is 0 Å². The van der Waals surface area contributed by atoms with Crippen LogP contribution in [0.25, 0.3) is 0 Å². The third-order valence-electron chi connectivity index (χ3n) is 4.31. The fourth-order valence-corrected chi connectivity index (χ4v) is 3.28. The lowest BCUT2D eigenvalue weighted by molar-refractivity contribution is -0.383. The van der Waals surface area contributed by atoms with E-state index in [1.54, 1.807) is 0 Å². The second-order valence-corrected chi connectivity index (χ2v) is 6.53. The molecular formula is C17H19ClN6O3. The average Bonchev–Trinajstić information content (AvgIpc) is 2.64. The van der Waals surface area contributed by atoms with Crippen molar-refractivity contribution in [2.45, 2.75) is 0 Å². The van der Waals surface area contributed by atoms with Gasteiger partial charge in [0.1, 0.15) is 5.69 Å². The summed E-state index contributed by atoms with van der Waals surface area (Å²) in [7, 11) is 0. The summed E-state index contributed by atoms with van der Waals surface area (Å²) in [6, 6.07) is 9.23. The number of amides is 1. The van der Waals surface area contributed by atoms with Crippen LogP contribution in [0.2, 0.25) is 5.02 Å². The van der Waals surface area contributed by atoms with Crippen LogP contribution in [0.1, 0.15) is 0 Å². The zero-order chi connectivity index (χ0) is 19.4. The van der Waals surface area contributed by atoms with E-state index in [1.165, 1.54) is 6.20 Å². The first-order chi connectivity index (χ1) is 13.0. The number of hydrogen-bond acceptors (Lipinski definition) is 7. The van der Waals surface area contributed by atoms with E-state index in [4.69, 9.17) is 17.3 Å². The molecule has 0 bridgehead atoms. The van der Waals surface area contributed by atoms with Crippen molar-refractivity contribution < 1.29 is 9.72 Å². The van der Waals surface area contributed by atoms with Crippen LogP contribution in [0.3, 0.4) is 0 Å². The molecule has 0 aliphatic carbocycles. The predicted molar refractivity (Wildman–Crippen MR) is 104 cm³/mol. The van der Waals surface area contributed by atoms with Gasteiger partial charge in [-0.1, -0.05) is 29.8 Å². The summed E-state index contributed by atoms with van der Waals surface area (Å²) in [5.41, 5.74) is 6.41. The molecule has 3 rings (SSSR count). The van der Waals surface area contributed by atoms with Crippen LogP contribution in [0.4, 0.5) is 22.9 Å². The predicted octanol–water partition coefficient (Wildman–Crippen LogP) is 1.99. The van der Waals surface area contributed by atoms with Crippen LogP contribution in [0, 0.1) is 10.1 Å². The number of aromatic nitrogens is 1. The van der Waals surface area contributed by atoms with Gasteiger partial charge >= 0.3 is 5.69 Å². The highest BCUT2D eigenvalue weighted by Gasteiger charge is 2.29. The van der Waals surface area contributed by atoms with E-state index in [0.29, 0.717) is 26.2 Å². The Hall–Kier alpha value is -2.91. The Morgan fingerprint density at radius 1 is 1.26 bits per heavy atom. The van der Waals surface area contributed by atoms with E-state index >= 15 is 0 Å². The number of anilines is 3. The van der Waals surface area contributed by atoms with Gasteiger partial charge in [0.05, 0.1) is 22.7 Å². The Morgan fingerprint density at radius 2 is 1.93 bits per heavy atom. The lowest BCUT2D eigenvalue weighted by Gasteiger charge is -2.35. The molecule has 1 aromatic heterocycles. The van der Waals surface area contributed by atoms with Crippen LogP contribution in [-0.4, -0.2) is 53.4 Å². The maximum atomic E-state index is 12.2. The third-order valence-corrected chi connectivity index (χ3v) is 4.58. The number of piperazine rings is 1. The van der Waals surface area contributed by atoms with Gasteiger partial charge in [0.15, 0.2) is 0 Å². The largest absolute Gasteiger partial charge is 0.378 e. The number of benzene rings is 1. The molecular weight excluding hydrogens is 372 g/mol. The van der Waals surface area contributed by atoms with Crippen molar-refractivity contribution >= 4 is 40.4 Å². The van der Waals surface area contributed by atoms with E-state index in [1.807, 2.05) is 40.1 Å². The number of carbonyl (C=O) groups excluding carboxylic acids is 1. The zero-order valence-corrected chi connectivity index (χ0v) is 15.2. The van der Waals surface area contributed by atoms with Crippen LogP contribution in [-0.2, 0) is 4.79 Å². The minimum Gasteiger partial charge on any atom is -0.378 e. The molecule has 0 unspecified atom stereocenters. The minimum absolute atomic E-state index is 0.105. The molecule has 10 heteroatoms. The number of nitrogen functional groups attached to an aromatic ring is 1. The van der Waals surface area contributed by atoms with E-state index in [9.17, 15) is 14.9 Å². The molecule has 27 heavy (non-hydrogen) atoms. The highest BCUT2D eigenvalue weighted by Crippen LogP contribution is 2.38. The molecule has 1 aromatic carbocycles. The molecule has 1 amide bonds. The van der Waals surface area contributed by atoms with Gasteiger partial charge in [0.2, 0.25) is 11.7 Å². The Kier molecular flexibility index (Phi) is 5.72. The van der Waals surface area contributed by atoms with Gasteiger partial charge in [0.25, 0.3) is 0 Å². The Bertz CT molecular complexity index is 840. The van der Waals surface area contributed by atoms with Gasteiger partial charge in [-0.2, -0.15) is 0 Å². The number of para-hydroxylation sites is 1. The zero-order valence-electron chi connectivity index (χ0n) is 14.5. The van der Waals surface area contributed by atoms with Crippen LogP contribution < -0.4 is 16.0 Å². The Labute approximate surface area is 160 Å². The average molecular weight is 391 g/mol. The maximum absolute atomic E-state index is 12.2. The molecule has 0 saturated carbocycles. The van der Waals surface area contributed by atoms with E-state index in [-0.39, 0.29) is 34.7 Å². The van der Waals surface area contributed by atoms with Crippen LogP contribution in [0.15, 0.2) is 36.5 Å². The third kappa shape index (κ3) is 4.44. The SMILES string of the molecule is Nc1ncc(Cl)c(N2CCN(CC(=O)Nc3ccccc3)CC2)c1[N+](=O)[O-]. The summed E-state index contributed by atoms with van der Waals surface area (Å²) < 4.78 is 0. The van der Waals surface area contributed by atoms with Gasteiger partial charge in [-0.05, 0) is 12.1 Å². The number of halogens is 1. The molecule has 142 valence electrons. The summed E-state index contributed by atoms with van der Waals surface area (Å²) >= 11 is 6.15. The van der Waals surface area contributed by atoms with Crippen molar-refractivity contribution in [1.82, 2.24) is 9.88 Å². The quantitative estimate of drug-likeness (QED) is 0.592. The summed E-state index contributed by atoms with van der Waals surface area (Å²) in [6.07, 6.45) is 1.32. The van der Waals surface area contributed by atoms with Crippen molar-refractivity contribution in [3.8, 4) is 0 Å². The van der Waals surface area contributed by atoms with Crippen molar-refractivity contribution in [2.24, 2.45) is 0 Å². The van der Waals surface area contributed by atoms with Crippen molar-refractivity contribution in [2.75, 3.05) is 48.7 Å². The standard InChI is InChI=1S/C17H19ClN6O3/c18-13-10-20-17(19)16(24(26)27)15(13)23-8-6-22(7-9-23)11-14(25)21-12-4-2-1-3-5-12/h1-5,10H,6-9,11H2,(H2,19,20)(H,21,25). The van der Waals surface area contributed by atoms with Gasteiger partial charge in [0, 0.05) is 31.9 Å². The van der Waals surface area contributed by atoms with E-state index in [0.717, 1.165) is 5.69 Å². The summed E-state index contributed by atoms with van der Waals surface area (Å²) in [6.45, 7) is 2.36. The Balaban J connectivity index is 1.62. The lowest BCUT2D eigenvalue weighted by atomic mass is 10.2. The molecule has 1 aliphatic rings. The van der Waals surface area contributed by atoms with E-state index in [2.05, 4.69) is 10.3 Å². The number of rotatable bonds is 5. The summed E-state index contributed by atoms with van der Waals surface area (Å²) in [5, 5.41) is 14.4. The summed E-state index contributed by atoms with van der Waals surface area (Å²) in [4.78, 5) is 30.5. The molecule has 2 aromatic rings. The van der Waals surface area contributed by atoms with E-state index < -0.39 is 4.92 Å². The molecule has 3 N–H and O–H groups in total. The molecule has 1 aliphatic heterocycles. The molecule has 1 saturated heterocycles. The first-order valence-electron chi connectivity index (χ1n) is 8.36. The normalized spacial score (nSPS) is 14.8. The fourth-order valence-electron chi connectivity index (χ4n) is 3.02. The molecule has 0 atom stereocenters. The number of nitro groups is 1. The molecule has 0 radical (unpaired) electrons.